The Balaban J connectivity index is 1.67. The molecular formula is C22H19F2NO2. The van der Waals surface area contributed by atoms with Gasteiger partial charge in [-0.15, -0.1) is 0 Å². The van der Waals surface area contributed by atoms with E-state index in [0.717, 1.165) is 16.3 Å². The van der Waals surface area contributed by atoms with Crippen molar-refractivity contribution < 1.29 is 18.7 Å². The second-order valence-electron chi connectivity index (χ2n) is 7.01. The lowest BCUT2D eigenvalue weighted by atomic mass is 9.98. The first kappa shape index (κ1) is 17.6. The van der Waals surface area contributed by atoms with Crippen molar-refractivity contribution in [2.45, 2.75) is 19.2 Å². The molecule has 5 heteroatoms. The number of amides is 1. The molecule has 3 nitrogen and oxygen atoms in total. The minimum atomic E-state index is -1.40. The summed E-state index contributed by atoms with van der Waals surface area (Å²) in [5, 5.41) is 11.2. The Morgan fingerprint density at radius 2 is 1.81 bits per heavy atom. The van der Waals surface area contributed by atoms with Crippen LogP contribution in [-0.2, 0) is 0 Å². The summed E-state index contributed by atoms with van der Waals surface area (Å²) in [5.74, 6) is -0.540. The molecule has 3 aromatic rings. The summed E-state index contributed by atoms with van der Waals surface area (Å²) in [6, 6.07) is 16.1. The molecule has 0 unspecified atom stereocenters. The van der Waals surface area contributed by atoms with Gasteiger partial charge in [0.05, 0.1) is 6.54 Å². The van der Waals surface area contributed by atoms with E-state index in [1.165, 1.54) is 4.90 Å². The summed E-state index contributed by atoms with van der Waals surface area (Å²) in [6.07, 6.45) is -2.53. The molecule has 1 aliphatic heterocycles. The van der Waals surface area contributed by atoms with Crippen LogP contribution in [-0.4, -0.2) is 41.3 Å². The zero-order chi connectivity index (χ0) is 19.1. The molecule has 1 heterocycles. The first-order valence-electron chi connectivity index (χ1n) is 8.85. The van der Waals surface area contributed by atoms with E-state index >= 15 is 0 Å². The molecular weight excluding hydrogens is 348 g/mol. The number of halogens is 2. The number of rotatable bonds is 2. The van der Waals surface area contributed by atoms with Crippen LogP contribution in [0.15, 0.2) is 54.6 Å². The molecule has 1 amide bonds. The number of alkyl halides is 1. The SMILES string of the molecule is Cc1cccc(-c2ccc3cc(C(=O)N4C[C@@H](O)[C@H](F)C4)ccc3c2)c1F. The monoisotopic (exact) mass is 367 g/mol. The van der Waals surface area contributed by atoms with Crippen molar-refractivity contribution in [1.29, 1.82) is 0 Å². The Labute approximate surface area is 155 Å². The van der Waals surface area contributed by atoms with E-state index in [0.29, 0.717) is 16.7 Å². The number of hydrogen-bond acceptors (Lipinski definition) is 2. The molecule has 4 rings (SSSR count). The van der Waals surface area contributed by atoms with Gasteiger partial charge in [0, 0.05) is 17.7 Å². The quantitative estimate of drug-likeness (QED) is 0.741. The maximum absolute atomic E-state index is 14.4. The molecule has 0 saturated carbocycles. The third kappa shape index (κ3) is 3.19. The summed E-state index contributed by atoms with van der Waals surface area (Å²) in [5.41, 5.74) is 2.34. The predicted octanol–water partition coefficient (Wildman–Crippen LogP) is 4.11. The smallest absolute Gasteiger partial charge is 0.254 e. The number of aryl methyl sites for hydroxylation is 1. The van der Waals surface area contributed by atoms with E-state index in [1.54, 1.807) is 37.3 Å². The molecule has 27 heavy (non-hydrogen) atoms. The summed E-state index contributed by atoms with van der Waals surface area (Å²) in [7, 11) is 0. The number of hydrogen-bond donors (Lipinski definition) is 1. The second kappa shape index (κ2) is 6.74. The van der Waals surface area contributed by atoms with Crippen molar-refractivity contribution in [3.8, 4) is 11.1 Å². The van der Waals surface area contributed by atoms with Crippen LogP contribution in [0.25, 0.3) is 21.9 Å². The number of nitrogens with zero attached hydrogens (tertiary/aromatic N) is 1. The number of carbonyl (C=O) groups excluding carboxylic acids is 1. The zero-order valence-corrected chi connectivity index (χ0v) is 14.8. The van der Waals surface area contributed by atoms with Gasteiger partial charge in [0.25, 0.3) is 5.91 Å². The van der Waals surface area contributed by atoms with Gasteiger partial charge in [0.15, 0.2) is 0 Å². The molecule has 0 aliphatic carbocycles. The van der Waals surface area contributed by atoms with Gasteiger partial charge in [0.2, 0.25) is 0 Å². The van der Waals surface area contributed by atoms with Crippen LogP contribution >= 0.6 is 0 Å². The molecule has 1 saturated heterocycles. The number of fused-ring (bicyclic) bond motifs is 1. The molecule has 0 aromatic heterocycles. The van der Waals surface area contributed by atoms with E-state index in [9.17, 15) is 18.7 Å². The number of aliphatic hydroxyl groups excluding tert-OH is 1. The van der Waals surface area contributed by atoms with Crippen LogP contribution in [0, 0.1) is 12.7 Å². The summed E-state index contributed by atoms with van der Waals surface area (Å²) >= 11 is 0. The minimum absolute atomic E-state index is 0.00358. The van der Waals surface area contributed by atoms with Gasteiger partial charge in [-0.3, -0.25) is 4.79 Å². The fourth-order valence-corrected chi connectivity index (χ4v) is 3.51. The highest BCUT2D eigenvalue weighted by Gasteiger charge is 2.34. The van der Waals surface area contributed by atoms with E-state index in [-0.39, 0.29) is 24.8 Å². The average Bonchev–Trinajstić information content (AvgIpc) is 3.01. The van der Waals surface area contributed by atoms with Gasteiger partial charge in [-0.2, -0.15) is 0 Å². The van der Waals surface area contributed by atoms with Gasteiger partial charge in [-0.1, -0.05) is 36.4 Å². The fourth-order valence-electron chi connectivity index (χ4n) is 3.51. The van der Waals surface area contributed by atoms with Gasteiger partial charge < -0.3 is 10.0 Å². The Bertz CT molecular complexity index is 1020. The molecule has 1 N–H and O–H groups in total. The van der Waals surface area contributed by atoms with Crippen LogP contribution in [0.3, 0.4) is 0 Å². The van der Waals surface area contributed by atoms with Crippen LogP contribution in [0.4, 0.5) is 8.78 Å². The summed E-state index contributed by atoms with van der Waals surface area (Å²) in [6.45, 7) is 1.64. The molecule has 2 atom stereocenters. The molecule has 1 fully saturated rings. The van der Waals surface area contributed by atoms with Crippen LogP contribution in [0.2, 0.25) is 0 Å². The van der Waals surface area contributed by atoms with Crippen molar-refractivity contribution in [2.75, 3.05) is 13.1 Å². The summed E-state index contributed by atoms with van der Waals surface area (Å²) in [4.78, 5) is 13.9. The molecule has 138 valence electrons. The Kier molecular flexibility index (Phi) is 4.40. The van der Waals surface area contributed by atoms with Gasteiger partial charge in [0.1, 0.15) is 18.1 Å². The lowest BCUT2D eigenvalue weighted by Crippen LogP contribution is -2.29. The number of aliphatic hydroxyl groups is 1. The maximum atomic E-state index is 14.4. The van der Waals surface area contributed by atoms with E-state index in [2.05, 4.69) is 0 Å². The van der Waals surface area contributed by atoms with E-state index < -0.39 is 12.3 Å². The molecule has 3 aromatic carbocycles. The fraction of sp³-hybridized carbons (Fsp3) is 0.227. The number of β-amino-alcohol motifs (C(OH)–C–C–N with tert-alkyl or cyclic N) is 1. The van der Waals surface area contributed by atoms with E-state index in [1.807, 2.05) is 24.3 Å². The second-order valence-corrected chi connectivity index (χ2v) is 7.01. The van der Waals surface area contributed by atoms with Crippen LogP contribution in [0.5, 0.6) is 0 Å². The lowest BCUT2D eigenvalue weighted by Gasteiger charge is -2.15. The minimum Gasteiger partial charge on any atom is -0.388 e. The van der Waals surface area contributed by atoms with Crippen molar-refractivity contribution >= 4 is 16.7 Å². The normalized spacial score (nSPS) is 19.6. The Morgan fingerprint density at radius 3 is 2.56 bits per heavy atom. The van der Waals surface area contributed by atoms with Crippen LogP contribution in [0.1, 0.15) is 15.9 Å². The Hall–Kier alpha value is -2.79. The highest BCUT2D eigenvalue weighted by atomic mass is 19.1. The lowest BCUT2D eigenvalue weighted by molar-refractivity contribution is 0.0764. The van der Waals surface area contributed by atoms with Crippen molar-refractivity contribution in [1.82, 2.24) is 4.90 Å². The van der Waals surface area contributed by atoms with Crippen molar-refractivity contribution in [2.24, 2.45) is 0 Å². The molecule has 0 bridgehead atoms. The van der Waals surface area contributed by atoms with Crippen molar-refractivity contribution in [3.63, 3.8) is 0 Å². The standard InChI is InChI=1S/C22H19F2NO2/c1-13-3-2-4-18(21(13)24)16-7-5-15-10-17(8-6-14(15)9-16)22(27)25-11-19(23)20(26)12-25/h2-10,19-20,26H,11-12H2,1H3/t19-,20-/m1/s1. The summed E-state index contributed by atoms with van der Waals surface area (Å²) < 4.78 is 27.9. The van der Waals surface area contributed by atoms with Crippen LogP contribution < -0.4 is 0 Å². The average molecular weight is 367 g/mol. The van der Waals surface area contributed by atoms with Gasteiger partial charge in [-0.05, 0) is 47.0 Å². The third-order valence-electron chi connectivity index (χ3n) is 5.10. The number of benzene rings is 3. The maximum Gasteiger partial charge on any atom is 0.254 e. The Morgan fingerprint density at radius 1 is 1.07 bits per heavy atom. The molecule has 1 aliphatic rings. The van der Waals surface area contributed by atoms with Gasteiger partial charge in [-0.25, -0.2) is 8.78 Å². The molecule has 0 spiro atoms. The predicted molar refractivity (Wildman–Crippen MR) is 101 cm³/mol. The van der Waals surface area contributed by atoms with E-state index in [4.69, 9.17) is 0 Å². The highest BCUT2D eigenvalue weighted by molar-refractivity contribution is 5.99. The highest BCUT2D eigenvalue weighted by Crippen LogP contribution is 2.29. The van der Waals surface area contributed by atoms with Crippen molar-refractivity contribution in [3.05, 3.63) is 71.5 Å². The number of carbonyl (C=O) groups is 1. The first-order chi connectivity index (χ1) is 12.9. The first-order valence-corrected chi connectivity index (χ1v) is 8.85. The third-order valence-corrected chi connectivity index (χ3v) is 5.10. The largest absolute Gasteiger partial charge is 0.388 e. The molecule has 0 radical (unpaired) electrons. The van der Waals surface area contributed by atoms with Gasteiger partial charge >= 0.3 is 0 Å². The topological polar surface area (TPSA) is 40.5 Å². The number of likely N-dealkylation sites (tertiary alicyclic amines) is 1. The zero-order valence-electron chi connectivity index (χ0n) is 14.8.